The molecule has 0 unspecified atom stereocenters. The highest BCUT2D eigenvalue weighted by molar-refractivity contribution is 7.98. The van der Waals surface area contributed by atoms with Crippen LogP contribution in [0.3, 0.4) is 0 Å². The number of benzene rings is 1. The van der Waals surface area contributed by atoms with Crippen LogP contribution in [0.1, 0.15) is 30.6 Å². The Balaban J connectivity index is 2.02. The second-order valence-electron chi connectivity index (χ2n) is 7.09. The molecule has 0 radical (unpaired) electrons. The first-order valence-corrected chi connectivity index (χ1v) is 11.2. The molecule has 6 nitrogen and oxygen atoms in total. The lowest BCUT2D eigenvalue weighted by Crippen LogP contribution is -2.56. The van der Waals surface area contributed by atoms with Gasteiger partial charge in [-0.3, -0.25) is 14.4 Å². The molecule has 28 heavy (non-hydrogen) atoms. The summed E-state index contributed by atoms with van der Waals surface area (Å²) in [6.45, 7) is 5.77. The number of rotatable bonds is 7. The molecular formula is C20H28ClN3O3S. The number of piperazine rings is 1. The Kier molecular flexibility index (Phi) is 8.63. The zero-order valence-corrected chi connectivity index (χ0v) is 18.2. The first kappa shape index (κ1) is 22.6. The van der Waals surface area contributed by atoms with E-state index in [2.05, 4.69) is 5.32 Å². The van der Waals surface area contributed by atoms with Crippen molar-refractivity contribution in [2.75, 3.05) is 38.2 Å². The largest absolute Gasteiger partial charge is 0.340 e. The van der Waals surface area contributed by atoms with Crippen LogP contribution in [0, 0.1) is 5.92 Å². The quantitative estimate of drug-likeness (QED) is 0.728. The minimum atomic E-state index is -0.608. The Labute approximate surface area is 176 Å². The van der Waals surface area contributed by atoms with Crippen molar-refractivity contribution in [1.82, 2.24) is 15.1 Å². The van der Waals surface area contributed by atoms with Crippen molar-refractivity contribution in [3.63, 3.8) is 0 Å². The van der Waals surface area contributed by atoms with Gasteiger partial charge in [-0.05, 0) is 30.6 Å². The topological polar surface area (TPSA) is 69.7 Å². The fourth-order valence-electron chi connectivity index (χ4n) is 3.11. The molecule has 1 N–H and O–H groups in total. The maximum absolute atomic E-state index is 13.0. The summed E-state index contributed by atoms with van der Waals surface area (Å²) in [6, 6.07) is 6.19. The van der Waals surface area contributed by atoms with E-state index >= 15 is 0 Å². The van der Waals surface area contributed by atoms with Crippen LogP contribution in [0.5, 0.6) is 0 Å². The Hall–Kier alpha value is -1.73. The van der Waals surface area contributed by atoms with E-state index in [1.54, 1.807) is 45.8 Å². The average molecular weight is 426 g/mol. The van der Waals surface area contributed by atoms with Gasteiger partial charge in [0.2, 0.25) is 11.8 Å². The molecule has 0 saturated carbocycles. The van der Waals surface area contributed by atoms with Crippen LogP contribution in [0.15, 0.2) is 24.3 Å². The predicted octanol–water partition coefficient (Wildman–Crippen LogP) is 2.52. The third kappa shape index (κ3) is 5.88. The van der Waals surface area contributed by atoms with Crippen LogP contribution >= 0.6 is 23.4 Å². The van der Waals surface area contributed by atoms with Gasteiger partial charge in [-0.25, -0.2) is 0 Å². The number of thioether (sulfide) groups is 1. The SMILES string of the molecule is CSCC[C@@H](NC(=O)c1ccccc1Cl)C(=O)N1CCN(C(=O)C(C)C)CC1. The molecule has 0 aromatic heterocycles. The number of carbonyl (C=O) groups is 3. The minimum Gasteiger partial charge on any atom is -0.340 e. The molecule has 1 aromatic carbocycles. The summed E-state index contributed by atoms with van der Waals surface area (Å²) in [5.41, 5.74) is 0.360. The Morgan fingerprint density at radius 2 is 1.64 bits per heavy atom. The zero-order valence-electron chi connectivity index (χ0n) is 16.6. The van der Waals surface area contributed by atoms with Crippen molar-refractivity contribution < 1.29 is 14.4 Å². The van der Waals surface area contributed by atoms with Gasteiger partial charge in [0.25, 0.3) is 5.91 Å². The smallest absolute Gasteiger partial charge is 0.253 e. The van der Waals surface area contributed by atoms with Gasteiger partial charge in [0.15, 0.2) is 0 Å². The minimum absolute atomic E-state index is 0.0495. The van der Waals surface area contributed by atoms with Gasteiger partial charge in [0, 0.05) is 32.1 Å². The van der Waals surface area contributed by atoms with Crippen LogP contribution in [0.2, 0.25) is 5.02 Å². The van der Waals surface area contributed by atoms with Gasteiger partial charge in [-0.1, -0.05) is 37.6 Å². The second-order valence-corrected chi connectivity index (χ2v) is 8.49. The number of nitrogens with zero attached hydrogens (tertiary/aromatic N) is 2. The highest BCUT2D eigenvalue weighted by Crippen LogP contribution is 2.16. The molecule has 2 rings (SSSR count). The van der Waals surface area contributed by atoms with E-state index in [9.17, 15) is 14.4 Å². The van der Waals surface area contributed by atoms with Gasteiger partial charge in [-0.15, -0.1) is 0 Å². The lowest BCUT2D eigenvalue weighted by atomic mass is 10.1. The molecule has 1 aliphatic rings. The van der Waals surface area contributed by atoms with Crippen molar-refractivity contribution in [3.05, 3.63) is 34.9 Å². The van der Waals surface area contributed by atoms with Gasteiger partial charge in [0.1, 0.15) is 6.04 Å². The normalized spacial score (nSPS) is 15.5. The molecule has 1 saturated heterocycles. The summed E-state index contributed by atoms with van der Waals surface area (Å²) < 4.78 is 0. The first-order chi connectivity index (χ1) is 13.3. The van der Waals surface area contributed by atoms with E-state index in [1.807, 2.05) is 20.1 Å². The number of carbonyl (C=O) groups excluding carboxylic acids is 3. The molecule has 0 bridgehead atoms. The molecule has 154 valence electrons. The summed E-state index contributed by atoms with van der Waals surface area (Å²) in [6.07, 6.45) is 2.51. The van der Waals surface area contributed by atoms with Gasteiger partial charge >= 0.3 is 0 Å². The van der Waals surface area contributed by atoms with E-state index in [1.165, 1.54) is 0 Å². The van der Waals surface area contributed by atoms with Crippen molar-refractivity contribution in [2.24, 2.45) is 5.92 Å². The van der Waals surface area contributed by atoms with E-state index in [-0.39, 0.29) is 23.6 Å². The summed E-state index contributed by atoms with van der Waals surface area (Å²) in [7, 11) is 0. The second kappa shape index (κ2) is 10.7. The lowest BCUT2D eigenvalue weighted by Gasteiger charge is -2.37. The maximum atomic E-state index is 13.0. The fraction of sp³-hybridized carbons (Fsp3) is 0.550. The predicted molar refractivity (Wildman–Crippen MR) is 114 cm³/mol. The van der Waals surface area contributed by atoms with E-state index in [4.69, 9.17) is 11.6 Å². The van der Waals surface area contributed by atoms with Crippen LogP contribution in [-0.2, 0) is 9.59 Å². The van der Waals surface area contributed by atoms with Crippen molar-refractivity contribution in [1.29, 1.82) is 0 Å². The van der Waals surface area contributed by atoms with Crippen molar-refractivity contribution >= 4 is 41.1 Å². The summed E-state index contributed by atoms with van der Waals surface area (Å²) in [4.78, 5) is 41.3. The molecule has 3 amide bonds. The van der Waals surface area contributed by atoms with Gasteiger partial charge in [0.05, 0.1) is 10.6 Å². The summed E-state index contributed by atoms with van der Waals surface area (Å²) in [5, 5.41) is 3.21. The van der Waals surface area contributed by atoms with E-state index < -0.39 is 6.04 Å². The van der Waals surface area contributed by atoms with Crippen LogP contribution < -0.4 is 5.32 Å². The van der Waals surface area contributed by atoms with Crippen LogP contribution in [-0.4, -0.2) is 71.8 Å². The molecule has 1 fully saturated rings. The Bertz CT molecular complexity index is 706. The summed E-state index contributed by atoms with van der Waals surface area (Å²) in [5.74, 6) is 0.361. The third-order valence-corrected chi connectivity index (χ3v) is 5.70. The molecule has 0 aliphatic carbocycles. The molecule has 1 atom stereocenters. The highest BCUT2D eigenvalue weighted by Gasteiger charge is 2.30. The van der Waals surface area contributed by atoms with Gasteiger partial charge < -0.3 is 15.1 Å². The zero-order chi connectivity index (χ0) is 20.7. The molecule has 0 spiro atoms. The highest BCUT2D eigenvalue weighted by atomic mass is 35.5. The molecule has 1 aromatic rings. The maximum Gasteiger partial charge on any atom is 0.253 e. The number of halogens is 1. The van der Waals surface area contributed by atoms with Gasteiger partial charge in [-0.2, -0.15) is 11.8 Å². The van der Waals surface area contributed by atoms with E-state index in [0.29, 0.717) is 43.2 Å². The number of nitrogens with one attached hydrogen (secondary N) is 1. The van der Waals surface area contributed by atoms with Crippen molar-refractivity contribution in [3.8, 4) is 0 Å². The first-order valence-electron chi connectivity index (χ1n) is 9.47. The van der Waals surface area contributed by atoms with E-state index in [0.717, 1.165) is 5.75 Å². The lowest BCUT2D eigenvalue weighted by molar-refractivity contribution is -0.142. The average Bonchev–Trinajstić information content (AvgIpc) is 2.70. The van der Waals surface area contributed by atoms with Crippen LogP contribution in [0.4, 0.5) is 0 Å². The molecule has 8 heteroatoms. The third-order valence-electron chi connectivity index (χ3n) is 4.73. The number of hydrogen-bond acceptors (Lipinski definition) is 4. The monoisotopic (exact) mass is 425 g/mol. The molecular weight excluding hydrogens is 398 g/mol. The Morgan fingerprint density at radius 3 is 2.18 bits per heavy atom. The van der Waals surface area contributed by atoms with Crippen LogP contribution in [0.25, 0.3) is 0 Å². The number of hydrogen-bond donors (Lipinski definition) is 1. The summed E-state index contributed by atoms with van der Waals surface area (Å²) >= 11 is 7.74. The molecule has 1 aliphatic heterocycles. The number of amides is 3. The Morgan fingerprint density at radius 1 is 1.07 bits per heavy atom. The standard InChI is InChI=1S/C20H28ClN3O3S/c1-14(2)19(26)23-9-11-24(12-10-23)20(27)17(8-13-28-3)22-18(25)15-6-4-5-7-16(15)21/h4-7,14,17H,8-13H2,1-3H3,(H,22,25)/t17-/m1/s1. The molecule has 1 heterocycles. The fourth-order valence-corrected chi connectivity index (χ4v) is 3.80. The van der Waals surface area contributed by atoms with Crippen molar-refractivity contribution in [2.45, 2.75) is 26.3 Å².